The van der Waals surface area contributed by atoms with Crippen molar-refractivity contribution in [3.8, 4) is 0 Å². The molecule has 0 aliphatic carbocycles. The van der Waals surface area contributed by atoms with Gasteiger partial charge in [0.25, 0.3) is 0 Å². The Morgan fingerprint density at radius 3 is 2.61 bits per heavy atom. The predicted molar refractivity (Wildman–Crippen MR) is 60.4 cm³/mol. The molecule has 8 nitrogen and oxygen atoms in total. The first-order valence-corrected chi connectivity index (χ1v) is 5.72. The average Bonchev–Trinajstić information content (AvgIpc) is 2.33. The first-order valence-electron chi connectivity index (χ1n) is 5.72. The maximum atomic E-state index is 11.0. The molecule has 1 amide bonds. The molecule has 0 aromatic rings. The molecule has 0 aromatic carbocycles. The quantitative estimate of drug-likeness (QED) is 0.355. The van der Waals surface area contributed by atoms with Crippen LogP contribution in [0.15, 0.2) is 0 Å². The third kappa shape index (κ3) is 3.61. The zero-order chi connectivity index (χ0) is 13.7. The molecule has 1 saturated heterocycles. The largest absolute Gasteiger partial charge is 0.394 e. The summed E-state index contributed by atoms with van der Waals surface area (Å²) in [4.78, 5) is 11.0. The second-order valence-corrected chi connectivity index (χ2v) is 4.09. The highest BCUT2D eigenvalue weighted by Gasteiger charge is 2.45. The molecule has 1 fully saturated rings. The fourth-order valence-corrected chi connectivity index (χ4v) is 1.80. The molecule has 18 heavy (non-hydrogen) atoms. The summed E-state index contributed by atoms with van der Waals surface area (Å²) in [7, 11) is 0. The summed E-state index contributed by atoms with van der Waals surface area (Å²) in [5.74, 6) is -0.390. The summed E-state index contributed by atoms with van der Waals surface area (Å²) in [6, 6.07) is -0.910. The maximum Gasteiger partial charge on any atom is 0.217 e. The van der Waals surface area contributed by atoms with E-state index < -0.39 is 43.2 Å². The Labute approximate surface area is 105 Å². The van der Waals surface area contributed by atoms with Gasteiger partial charge in [0.1, 0.15) is 24.4 Å². The van der Waals surface area contributed by atoms with Gasteiger partial charge < -0.3 is 35.8 Å². The van der Waals surface area contributed by atoms with E-state index in [-0.39, 0.29) is 13.2 Å². The Hall–Kier alpha value is -0.770. The highest BCUT2D eigenvalue weighted by atomic mass is 16.7. The van der Waals surface area contributed by atoms with Crippen LogP contribution in [0.4, 0.5) is 0 Å². The SMILES string of the molecule is CC(=O)NC1C(OCCN)OC(CO)[C@H](O)C1O. The molecule has 5 atom stereocenters. The van der Waals surface area contributed by atoms with Gasteiger partial charge >= 0.3 is 0 Å². The summed E-state index contributed by atoms with van der Waals surface area (Å²) >= 11 is 0. The Bertz CT molecular complexity index is 277. The monoisotopic (exact) mass is 264 g/mol. The Balaban J connectivity index is 2.76. The number of nitrogens with two attached hydrogens (primary N) is 1. The van der Waals surface area contributed by atoms with Crippen molar-refractivity contribution in [2.75, 3.05) is 19.8 Å². The molecule has 0 spiro atoms. The van der Waals surface area contributed by atoms with E-state index in [0.29, 0.717) is 0 Å². The summed E-state index contributed by atoms with van der Waals surface area (Å²) in [5.41, 5.74) is 5.29. The zero-order valence-electron chi connectivity index (χ0n) is 10.2. The molecular weight excluding hydrogens is 244 g/mol. The zero-order valence-corrected chi connectivity index (χ0v) is 10.2. The molecule has 1 heterocycles. The number of ether oxygens (including phenoxy) is 2. The lowest BCUT2D eigenvalue weighted by Crippen LogP contribution is -2.64. The smallest absolute Gasteiger partial charge is 0.217 e. The minimum absolute atomic E-state index is 0.168. The van der Waals surface area contributed by atoms with Crippen LogP contribution in [0.2, 0.25) is 0 Å². The summed E-state index contributed by atoms with van der Waals surface area (Å²) in [5, 5.41) is 31.1. The van der Waals surface area contributed by atoms with Gasteiger partial charge in [-0.25, -0.2) is 0 Å². The van der Waals surface area contributed by atoms with Crippen molar-refractivity contribution in [1.82, 2.24) is 5.32 Å². The highest BCUT2D eigenvalue weighted by molar-refractivity contribution is 5.73. The molecular formula is C10H20N2O6. The number of aliphatic hydroxyl groups is 3. The minimum atomic E-state index is -1.30. The van der Waals surface area contributed by atoms with Crippen molar-refractivity contribution < 1.29 is 29.6 Å². The van der Waals surface area contributed by atoms with Crippen LogP contribution in [0.5, 0.6) is 0 Å². The first kappa shape index (κ1) is 15.3. The lowest BCUT2D eigenvalue weighted by atomic mass is 9.97. The van der Waals surface area contributed by atoms with E-state index >= 15 is 0 Å². The van der Waals surface area contributed by atoms with Gasteiger partial charge in [-0.1, -0.05) is 0 Å². The van der Waals surface area contributed by atoms with Crippen molar-refractivity contribution in [2.24, 2.45) is 5.73 Å². The van der Waals surface area contributed by atoms with E-state index in [0.717, 1.165) is 0 Å². The molecule has 0 radical (unpaired) electrons. The van der Waals surface area contributed by atoms with E-state index in [1.165, 1.54) is 6.92 Å². The Morgan fingerprint density at radius 1 is 1.44 bits per heavy atom. The van der Waals surface area contributed by atoms with Crippen LogP contribution in [-0.2, 0) is 14.3 Å². The van der Waals surface area contributed by atoms with Crippen molar-refractivity contribution in [3.05, 3.63) is 0 Å². The van der Waals surface area contributed by atoms with Crippen LogP contribution in [-0.4, -0.2) is 71.6 Å². The number of rotatable bonds is 5. The number of aliphatic hydroxyl groups excluding tert-OH is 3. The number of hydrogen-bond acceptors (Lipinski definition) is 7. The van der Waals surface area contributed by atoms with Gasteiger partial charge in [-0.2, -0.15) is 0 Å². The Morgan fingerprint density at radius 2 is 2.11 bits per heavy atom. The van der Waals surface area contributed by atoms with Crippen molar-refractivity contribution in [2.45, 2.75) is 37.6 Å². The van der Waals surface area contributed by atoms with Crippen molar-refractivity contribution >= 4 is 5.91 Å². The van der Waals surface area contributed by atoms with Crippen LogP contribution in [0.25, 0.3) is 0 Å². The lowest BCUT2D eigenvalue weighted by molar-refractivity contribution is -0.269. The summed E-state index contributed by atoms with van der Waals surface area (Å²) in [6.07, 6.45) is -4.52. The molecule has 0 bridgehead atoms. The fraction of sp³-hybridized carbons (Fsp3) is 0.900. The van der Waals surface area contributed by atoms with Gasteiger partial charge in [0.05, 0.1) is 13.2 Å². The van der Waals surface area contributed by atoms with Crippen LogP contribution in [0.3, 0.4) is 0 Å². The van der Waals surface area contributed by atoms with Gasteiger partial charge in [-0.3, -0.25) is 4.79 Å². The first-order chi connectivity index (χ1) is 8.51. The molecule has 0 saturated carbocycles. The minimum Gasteiger partial charge on any atom is -0.394 e. The number of carbonyl (C=O) groups is 1. The standard InChI is InChI=1S/C10H20N2O6/c1-5(14)12-7-9(16)8(15)6(4-13)18-10(7)17-3-2-11/h6-10,13,15-16H,2-4,11H2,1H3,(H,12,14)/t6?,7?,8-,9?,10?/m0/s1. The van der Waals surface area contributed by atoms with E-state index in [1.807, 2.05) is 0 Å². The molecule has 1 aliphatic heterocycles. The molecule has 1 rings (SSSR count). The van der Waals surface area contributed by atoms with Gasteiger partial charge in [0, 0.05) is 13.5 Å². The second kappa shape index (κ2) is 6.98. The molecule has 8 heteroatoms. The highest BCUT2D eigenvalue weighted by Crippen LogP contribution is 2.21. The van der Waals surface area contributed by atoms with Crippen LogP contribution in [0.1, 0.15) is 6.92 Å². The topological polar surface area (TPSA) is 134 Å². The van der Waals surface area contributed by atoms with E-state index in [9.17, 15) is 15.0 Å². The van der Waals surface area contributed by atoms with E-state index in [2.05, 4.69) is 5.32 Å². The third-order valence-electron chi connectivity index (χ3n) is 2.65. The lowest BCUT2D eigenvalue weighted by Gasteiger charge is -2.42. The molecule has 106 valence electrons. The molecule has 4 unspecified atom stereocenters. The van der Waals surface area contributed by atoms with Crippen LogP contribution in [0, 0.1) is 0 Å². The van der Waals surface area contributed by atoms with Crippen LogP contribution < -0.4 is 11.1 Å². The van der Waals surface area contributed by atoms with Gasteiger partial charge in [-0.15, -0.1) is 0 Å². The number of amides is 1. The van der Waals surface area contributed by atoms with E-state index in [4.69, 9.17) is 20.3 Å². The summed E-state index contributed by atoms with van der Waals surface area (Å²) in [6.45, 7) is 1.22. The Kier molecular flexibility index (Phi) is 5.93. The third-order valence-corrected chi connectivity index (χ3v) is 2.65. The van der Waals surface area contributed by atoms with Crippen molar-refractivity contribution in [3.63, 3.8) is 0 Å². The predicted octanol–water partition coefficient (Wildman–Crippen LogP) is -3.09. The molecule has 0 aromatic heterocycles. The number of nitrogens with one attached hydrogen (secondary N) is 1. The normalized spacial score (nSPS) is 36.4. The van der Waals surface area contributed by atoms with Crippen molar-refractivity contribution in [1.29, 1.82) is 0 Å². The maximum absolute atomic E-state index is 11.0. The van der Waals surface area contributed by atoms with E-state index in [1.54, 1.807) is 0 Å². The van der Waals surface area contributed by atoms with Gasteiger partial charge in [-0.05, 0) is 0 Å². The second-order valence-electron chi connectivity index (χ2n) is 4.09. The molecule has 6 N–H and O–H groups in total. The van der Waals surface area contributed by atoms with Gasteiger partial charge in [0.2, 0.25) is 5.91 Å². The number of carbonyl (C=O) groups excluding carboxylic acids is 1. The van der Waals surface area contributed by atoms with Crippen LogP contribution >= 0.6 is 0 Å². The average molecular weight is 264 g/mol. The van der Waals surface area contributed by atoms with Gasteiger partial charge in [0.15, 0.2) is 6.29 Å². The number of hydrogen-bond donors (Lipinski definition) is 5. The summed E-state index contributed by atoms with van der Waals surface area (Å²) < 4.78 is 10.5. The fourth-order valence-electron chi connectivity index (χ4n) is 1.80. The molecule has 1 aliphatic rings.